The molecule has 0 spiro atoms. The largest absolute Gasteiger partial charge is 0.508 e. The monoisotopic (exact) mass is 256 g/mol. The van der Waals surface area contributed by atoms with Gasteiger partial charge in [0, 0.05) is 17.9 Å². The Balaban J connectivity index is 1.92. The van der Waals surface area contributed by atoms with Crippen LogP contribution in [0.25, 0.3) is 22.5 Å². The van der Waals surface area contributed by atoms with E-state index in [9.17, 15) is 5.11 Å². The summed E-state index contributed by atoms with van der Waals surface area (Å²) < 4.78 is 11.5. The molecule has 3 rings (SSSR count). The molecule has 19 heavy (non-hydrogen) atoms. The number of fused-ring (bicyclic) bond motifs is 1. The first-order chi connectivity index (χ1) is 9.26. The van der Waals surface area contributed by atoms with Crippen LogP contribution < -0.4 is 0 Å². The summed E-state index contributed by atoms with van der Waals surface area (Å²) in [4.78, 5) is 0. The highest BCUT2D eigenvalue weighted by atomic mass is 16.4. The van der Waals surface area contributed by atoms with E-state index in [-0.39, 0.29) is 5.75 Å². The molecule has 0 aliphatic heterocycles. The van der Waals surface area contributed by atoms with Crippen molar-refractivity contribution in [3.05, 3.63) is 42.2 Å². The van der Waals surface area contributed by atoms with E-state index in [0.717, 1.165) is 36.2 Å². The summed E-state index contributed by atoms with van der Waals surface area (Å²) in [6.45, 7) is 2.16. The number of furan rings is 2. The molecule has 1 N–H and O–H groups in total. The zero-order valence-corrected chi connectivity index (χ0v) is 10.8. The Morgan fingerprint density at radius 1 is 1.00 bits per heavy atom. The molecule has 2 aromatic heterocycles. The van der Waals surface area contributed by atoms with Crippen LogP contribution in [-0.4, -0.2) is 5.11 Å². The first kappa shape index (κ1) is 11.9. The van der Waals surface area contributed by atoms with Crippen LogP contribution in [0.5, 0.6) is 5.75 Å². The predicted molar refractivity (Wildman–Crippen MR) is 74.2 cm³/mol. The van der Waals surface area contributed by atoms with Crippen molar-refractivity contribution in [3.8, 4) is 17.3 Å². The number of rotatable bonds is 4. The van der Waals surface area contributed by atoms with Gasteiger partial charge in [-0.05, 0) is 36.8 Å². The van der Waals surface area contributed by atoms with Crippen molar-refractivity contribution in [1.82, 2.24) is 0 Å². The molecule has 0 aliphatic carbocycles. The van der Waals surface area contributed by atoms with Gasteiger partial charge in [0.2, 0.25) is 0 Å². The lowest BCUT2D eigenvalue weighted by molar-refractivity contribution is 0.473. The number of hydrogen-bond acceptors (Lipinski definition) is 3. The van der Waals surface area contributed by atoms with Gasteiger partial charge in [0.05, 0.1) is 0 Å². The van der Waals surface area contributed by atoms with Gasteiger partial charge in [0.1, 0.15) is 17.1 Å². The van der Waals surface area contributed by atoms with Crippen LogP contribution in [0.4, 0.5) is 0 Å². The van der Waals surface area contributed by atoms with Gasteiger partial charge in [-0.1, -0.05) is 13.3 Å². The maximum absolute atomic E-state index is 9.43. The van der Waals surface area contributed by atoms with Crippen molar-refractivity contribution in [2.45, 2.75) is 26.2 Å². The van der Waals surface area contributed by atoms with Gasteiger partial charge in [-0.2, -0.15) is 0 Å². The van der Waals surface area contributed by atoms with E-state index < -0.39 is 0 Å². The molecule has 2 heterocycles. The fourth-order valence-electron chi connectivity index (χ4n) is 2.14. The van der Waals surface area contributed by atoms with Crippen LogP contribution in [0.1, 0.15) is 25.5 Å². The average molecular weight is 256 g/mol. The lowest BCUT2D eigenvalue weighted by atomic mass is 10.2. The van der Waals surface area contributed by atoms with Crippen LogP contribution in [0, 0.1) is 0 Å². The minimum Gasteiger partial charge on any atom is -0.508 e. The molecule has 0 radical (unpaired) electrons. The number of hydrogen-bond donors (Lipinski definition) is 1. The Hall–Kier alpha value is -2.16. The molecule has 0 saturated heterocycles. The smallest absolute Gasteiger partial charge is 0.170 e. The molecular formula is C16H16O3. The van der Waals surface area contributed by atoms with Crippen molar-refractivity contribution in [2.75, 3.05) is 0 Å². The van der Waals surface area contributed by atoms with Gasteiger partial charge < -0.3 is 13.9 Å². The van der Waals surface area contributed by atoms with Crippen molar-refractivity contribution >= 4 is 11.0 Å². The molecule has 0 amide bonds. The summed E-state index contributed by atoms with van der Waals surface area (Å²) in [7, 11) is 0. The van der Waals surface area contributed by atoms with Crippen molar-refractivity contribution in [3.63, 3.8) is 0 Å². The van der Waals surface area contributed by atoms with E-state index >= 15 is 0 Å². The third kappa shape index (κ3) is 2.36. The number of benzene rings is 1. The zero-order chi connectivity index (χ0) is 13.2. The second-order valence-electron chi connectivity index (χ2n) is 4.70. The highest BCUT2D eigenvalue weighted by Gasteiger charge is 2.10. The number of unbranched alkanes of at least 4 members (excludes halogenated alkanes) is 1. The molecule has 0 fully saturated rings. The van der Waals surface area contributed by atoms with E-state index in [0.29, 0.717) is 11.3 Å². The fourth-order valence-corrected chi connectivity index (χ4v) is 2.14. The van der Waals surface area contributed by atoms with Gasteiger partial charge in [0.25, 0.3) is 0 Å². The van der Waals surface area contributed by atoms with Crippen LogP contribution in [-0.2, 0) is 6.42 Å². The second kappa shape index (κ2) is 4.84. The maximum Gasteiger partial charge on any atom is 0.170 e. The molecule has 0 unspecified atom stereocenters. The first-order valence-corrected chi connectivity index (χ1v) is 6.58. The van der Waals surface area contributed by atoms with Crippen molar-refractivity contribution < 1.29 is 13.9 Å². The Labute approximate surface area is 111 Å². The molecule has 3 nitrogen and oxygen atoms in total. The second-order valence-corrected chi connectivity index (χ2v) is 4.70. The Morgan fingerprint density at radius 3 is 2.74 bits per heavy atom. The fraction of sp³-hybridized carbons (Fsp3) is 0.250. The average Bonchev–Trinajstić information content (AvgIpc) is 3.01. The molecule has 3 heteroatoms. The minimum atomic E-state index is 0.205. The summed E-state index contributed by atoms with van der Waals surface area (Å²) in [6.07, 6.45) is 3.23. The van der Waals surface area contributed by atoms with Crippen molar-refractivity contribution in [1.29, 1.82) is 0 Å². The standard InChI is InChI=1S/C16H16O3/c1-2-3-4-13-7-8-14(18-13)16-9-11-5-6-12(17)10-15(11)19-16/h5-10,17H,2-4H2,1H3. The molecule has 1 aromatic carbocycles. The zero-order valence-electron chi connectivity index (χ0n) is 10.8. The van der Waals surface area contributed by atoms with Crippen LogP contribution in [0.15, 0.2) is 45.2 Å². The van der Waals surface area contributed by atoms with E-state index in [4.69, 9.17) is 8.83 Å². The van der Waals surface area contributed by atoms with E-state index in [1.165, 1.54) is 0 Å². The molecule has 3 aromatic rings. The van der Waals surface area contributed by atoms with E-state index in [2.05, 4.69) is 6.92 Å². The molecule has 0 aliphatic rings. The summed E-state index contributed by atoms with van der Waals surface area (Å²) in [6, 6.07) is 10.9. The van der Waals surface area contributed by atoms with E-state index in [1.807, 2.05) is 24.3 Å². The highest BCUT2D eigenvalue weighted by molar-refractivity contribution is 5.83. The quantitative estimate of drug-likeness (QED) is 0.733. The Bertz CT molecular complexity index is 691. The number of phenolic OH excluding ortho intramolecular Hbond substituents is 1. The SMILES string of the molecule is CCCCc1ccc(-c2cc3ccc(O)cc3o2)o1. The number of aromatic hydroxyl groups is 1. The van der Waals surface area contributed by atoms with Gasteiger partial charge in [-0.3, -0.25) is 0 Å². The predicted octanol–water partition coefficient (Wildman–Crippen LogP) is 4.74. The maximum atomic E-state index is 9.43. The van der Waals surface area contributed by atoms with Crippen LogP contribution >= 0.6 is 0 Å². The summed E-state index contributed by atoms with van der Waals surface area (Å²) >= 11 is 0. The minimum absolute atomic E-state index is 0.205. The molecular weight excluding hydrogens is 240 g/mol. The first-order valence-electron chi connectivity index (χ1n) is 6.58. The number of phenols is 1. The van der Waals surface area contributed by atoms with Gasteiger partial charge in [-0.25, -0.2) is 0 Å². The lowest BCUT2D eigenvalue weighted by Gasteiger charge is -1.93. The normalized spacial score (nSPS) is 11.2. The molecule has 98 valence electrons. The number of aryl methyl sites for hydroxylation is 1. The van der Waals surface area contributed by atoms with Gasteiger partial charge in [0.15, 0.2) is 11.5 Å². The topological polar surface area (TPSA) is 46.5 Å². The summed E-state index contributed by atoms with van der Waals surface area (Å²) in [5, 5.41) is 10.4. The van der Waals surface area contributed by atoms with Gasteiger partial charge in [-0.15, -0.1) is 0 Å². The molecule has 0 saturated carbocycles. The Kier molecular flexibility index (Phi) is 3.03. The highest BCUT2D eigenvalue weighted by Crippen LogP contribution is 2.31. The Morgan fingerprint density at radius 2 is 1.89 bits per heavy atom. The summed E-state index contributed by atoms with van der Waals surface area (Å²) in [5.74, 6) is 2.63. The lowest BCUT2D eigenvalue weighted by Crippen LogP contribution is -1.78. The molecule has 0 bridgehead atoms. The van der Waals surface area contributed by atoms with Crippen LogP contribution in [0.3, 0.4) is 0 Å². The third-order valence-electron chi connectivity index (χ3n) is 3.18. The van der Waals surface area contributed by atoms with Gasteiger partial charge >= 0.3 is 0 Å². The van der Waals surface area contributed by atoms with Crippen molar-refractivity contribution in [2.24, 2.45) is 0 Å². The summed E-state index contributed by atoms with van der Waals surface area (Å²) in [5.41, 5.74) is 0.668. The van der Waals surface area contributed by atoms with Crippen LogP contribution in [0.2, 0.25) is 0 Å². The van der Waals surface area contributed by atoms with E-state index in [1.54, 1.807) is 12.1 Å². The molecule has 0 atom stereocenters. The third-order valence-corrected chi connectivity index (χ3v) is 3.18.